The normalized spacial score (nSPS) is 10.6. The van der Waals surface area contributed by atoms with E-state index in [0.717, 1.165) is 11.1 Å². The van der Waals surface area contributed by atoms with Crippen LogP contribution in [0.3, 0.4) is 0 Å². The number of nitrogens with one attached hydrogen (secondary N) is 3. The molecular formula is C22H19ClN6O4. The minimum atomic E-state index is -0.647. The Morgan fingerprint density at radius 2 is 2.03 bits per heavy atom. The summed E-state index contributed by atoms with van der Waals surface area (Å²) in [4.78, 5) is 39.2. The molecule has 0 fully saturated rings. The number of pyridine rings is 2. The van der Waals surface area contributed by atoms with Gasteiger partial charge in [0.25, 0.3) is 5.56 Å². The highest BCUT2D eigenvalue weighted by molar-refractivity contribution is 6.32. The largest absolute Gasteiger partial charge is 0.486 e. The first-order valence-corrected chi connectivity index (χ1v) is 10.2. The molecule has 11 heteroatoms. The third kappa shape index (κ3) is 5.55. The van der Waals surface area contributed by atoms with Crippen molar-refractivity contribution in [1.82, 2.24) is 19.9 Å². The molecule has 168 valence electrons. The van der Waals surface area contributed by atoms with Crippen molar-refractivity contribution >= 4 is 40.4 Å². The molecule has 1 amide bonds. The number of carbonyl (C=O) groups is 1. The van der Waals surface area contributed by atoms with Gasteiger partial charge >= 0.3 is 6.09 Å². The quantitative estimate of drug-likeness (QED) is 0.375. The fourth-order valence-electron chi connectivity index (χ4n) is 2.97. The van der Waals surface area contributed by atoms with Gasteiger partial charge in [0, 0.05) is 36.0 Å². The average Bonchev–Trinajstić information content (AvgIpc) is 2.82. The third-order valence-electron chi connectivity index (χ3n) is 4.58. The summed E-state index contributed by atoms with van der Waals surface area (Å²) in [5.41, 5.74) is 1.52. The summed E-state index contributed by atoms with van der Waals surface area (Å²) in [6, 6.07) is 12.2. The monoisotopic (exact) mass is 466 g/mol. The standard InChI is InChI=1S/C22H19ClN6O4/c1-32-22(31)29-19-5-7-25-21(28-19)26-11-14-8-13-9-16(23)18(10-17(13)27-20(14)30)33-12-15-4-2-3-6-24-15/h2-10H,11-12H2,1H3,(H,27,30)(H2,25,26,28,29,31). The summed E-state index contributed by atoms with van der Waals surface area (Å²) in [6.07, 6.45) is 2.51. The number of anilines is 2. The van der Waals surface area contributed by atoms with E-state index in [4.69, 9.17) is 16.3 Å². The summed E-state index contributed by atoms with van der Waals surface area (Å²) < 4.78 is 10.3. The van der Waals surface area contributed by atoms with Crippen molar-refractivity contribution in [3.8, 4) is 5.75 Å². The van der Waals surface area contributed by atoms with E-state index in [1.165, 1.54) is 19.4 Å². The number of H-pyrrole nitrogens is 1. The van der Waals surface area contributed by atoms with E-state index in [-0.39, 0.29) is 30.5 Å². The lowest BCUT2D eigenvalue weighted by Gasteiger charge is -2.11. The number of hydrogen-bond donors (Lipinski definition) is 3. The summed E-state index contributed by atoms with van der Waals surface area (Å²) in [5, 5.41) is 6.56. The van der Waals surface area contributed by atoms with Crippen LogP contribution in [0, 0.1) is 0 Å². The maximum atomic E-state index is 12.6. The summed E-state index contributed by atoms with van der Waals surface area (Å²) >= 11 is 6.39. The summed E-state index contributed by atoms with van der Waals surface area (Å²) in [5.74, 6) is 0.941. The Morgan fingerprint density at radius 3 is 2.82 bits per heavy atom. The van der Waals surface area contributed by atoms with Crippen LogP contribution in [0.4, 0.5) is 16.6 Å². The fourth-order valence-corrected chi connectivity index (χ4v) is 3.20. The smallest absolute Gasteiger partial charge is 0.412 e. The van der Waals surface area contributed by atoms with Gasteiger partial charge in [-0.25, -0.2) is 9.78 Å². The molecule has 0 aliphatic carbocycles. The molecule has 10 nitrogen and oxygen atoms in total. The van der Waals surface area contributed by atoms with Gasteiger partial charge in [-0.3, -0.25) is 15.1 Å². The van der Waals surface area contributed by atoms with Crippen LogP contribution in [0.15, 0.2) is 59.7 Å². The van der Waals surface area contributed by atoms with Crippen LogP contribution >= 0.6 is 11.6 Å². The number of fused-ring (bicyclic) bond motifs is 1. The van der Waals surface area contributed by atoms with Gasteiger partial charge in [-0.05, 0) is 30.3 Å². The molecule has 3 heterocycles. The lowest BCUT2D eigenvalue weighted by Crippen LogP contribution is -2.17. The number of halogens is 1. The van der Waals surface area contributed by atoms with Crippen LogP contribution in [0.1, 0.15) is 11.3 Å². The Balaban J connectivity index is 1.49. The van der Waals surface area contributed by atoms with E-state index in [9.17, 15) is 9.59 Å². The number of ether oxygens (including phenoxy) is 2. The lowest BCUT2D eigenvalue weighted by atomic mass is 10.1. The molecule has 4 aromatic rings. The molecule has 0 aliphatic rings. The number of methoxy groups -OCH3 is 1. The number of rotatable bonds is 7. The summed E-state index contributed by atoms with van der Waals surface area (Å²) in [6.45, 7) is 0.407. The minimum absolute atomic E-state index is 0.155. The van der Waals surface area contributed by atoms with E-state index >= 15 is 0 Å². The lowest BCUT2D eigenvalue weighted by molar-refractivity contribution is 0.187. The molecular weight excluding hydrogens is 448 g/mol. The van der Waals surface area contributed by atoms with E-state index in [0.29, 0.717) is 21.9 Å². The van der Waals surface area contributed by atoms with Crippen molar-refractivity contribution < 1.29 is 14.3 Å². The van der Waals surface area contributed by atoms with Gasteiger partial charge in [-0.15, -0.1) is 0 Å². The molecule has 0 saturated heterocycles. The number of hydrogen-bond acceptors (Lipinski definition) is 8. The Labute approximate surface area is 193 Å². The number of benzene rings is 1. The molecule has 4 rings (SSSR count). The Bertz CT molecular complexity index is 1350. The van der Waals surface area contributed by atoms with Crippen LogP contribution in [0.2, 0.25) is 5.02 Å². The van der Waals surface area contributed by atoms with Crippen LogP contribution in [0.25, 0.3) is 10.9 Å². The number of aromatic amines is 1. The molecule has 0 spiro atoms. The second-order valence-corrected chi connectivity index (χ2v) is 7.25. The van der Waals surface area contributed by atoms with Crippen LogP contribution in [-0.2, 0) is 17.9 Å². The zero-order chi connectivity index (χ0) is 23.2. The predicted molar refractivity (Wildman–Crippen MR) is 124 cm³/mol. The predicted octanol–water partition coefficient (Wildman–Crippen LogP) is 3.74. The van der Waals surface area contributed by atoms with E-state index in [1.54, 1.807) is 24.4 Å². The molecule has 3 aromatic heterocycles. The molecule has 0 radical (unpaired) electrons. The minimum Gasteiger partial charge on any atom is -0.486 e. The number of aromatic nitrogens is 4. The third-order valence-corrected chi connectivity index (χ3v) is 4.88. The molecule has 0 atom stereocenters. The van der Waals surface area contributed by atoms with E-state index < -0.39 is 6.09 Å². The van der Waals surface area contributed by atoms with Crippen molar-refractivity contribution in [3.63, 3.8) is 0 Å². The maximum Gasteiger partial charge on any atom is 0.412 e. The van der Waals surface area contributed by atoms with Crippen molar-refractivity contribution in [2.24, 2.45) is 0 Å². The van der Waals surface area contributed by atoms with E-state index in [1.807, 2.05) is 18.2 Å². The number of amides is 1. The molecule has 33 heavy (non-hydrogen) atoms. The fraction of sp³-hybridized carbons (Fsp3) is 0.136. The van der Waals surface area contributed by atoms with E-state index in [2.05, 4.69) is 35.3 Å². The SMILES string of the molecule is COC(=O)Nc1ccnc(NCc2cc3cc(Cl)c(OCc4ccccn4)cc3[nH]c2=O)n1. The van der Waals surface area contributed by atoms with Gasteiger partial charge in [0.05, 0.1) is 23.3 Å². The van der Waals surface area contributed by atoms with Crippen LogP contribution in [0.5, 0.6) is 5.75 Å². The van der Waals surface area contributed by atoms with Gasteiger partial charge < -0.3 is 19.8 Å². The molecule has 0 aliphatic heterocycles. The Kier molecular flexibility index (Phi) is 6.65. The van der Waals surface area contributed by atoms with Gasteiger partial charge in [-0.1, -0.05) is 17.7 Å². The molecule has 0 unspecified atom stereocenters. The van der Waals surface area contributed by atoms with Crippen molar-refractivity contribution in [1.29, 1.82) is 0 Å². The highest BCUT2D eigenvalue weighted by atomic mass is 35.5. The number of carbonyl (C=O) groups excluding carboxylic acids is 1. The first kappa shape index (κ1) is 22.0. The van der Waals surface area contributed by atoms with Crippen molar-refractivity contribution in [2.45, 2.75) is 13.2 Å². The second kappa shape index (κ2) is 9.96. The first-order chi connectivity index (χ1) is 16.0. The maximum absolute atomic E-state index is 12.6. The zero-order valence-corrected chi connectivity index (χ0v) is 18.2. The Hall–Kier alpha value is -4.18. The molecule has 0 bridgehead atoms. The van der Waals surface area contributed by atoms with Crippen molar-refractivity contribution in [2.75, 3.05) is 17.7 Å². The average molecular weight is 467 g/mol. The molecule has 1 aromatic carbocycles. The van der Waals surface area contributed by atoms with Gasteiger partial charge in [-0.2, -0.15) is 4.98 Å². The first-order valence-electron chi connectivity index (χ1n) is 9.82. The second-order valence-electron chi connectivity index (χ2n) is 6.84. The Morgan fingerprint density at radius 1 is 1.15 bits per heavy atom. The highest BCUT2D eigenvalue weighted by Crippen LogP contribution is 2.29. The molecule has 3 N–H and O–H groups in total. The highest BCUT2D eigenvalue weighted by Gasteiger charge is 2.10. The summed E-state index contributed by atoms with van der Waals surface area (Å²) in [7, 11) is 1.25. The molecule has 0 saturated carbocycles. The van der Waals surface area contributed by atoms with Crippen LogP contribution < -0.4 is 20.9 Å². The van der Waals surface area contributed by atoms with Gasteiger partial charge in [0.15, 0.2) is 0 Å². The van der Waals surface area contributed by atoms with Crippen molar-refractivity contribution in [3.05, 3.63) is 81.5 Å². The van der Waals surface area contributed by atoms with Crippen LogP contribution in [-0.4, -0.2) is 33.1 Å². The topological polar surface area (TPSA) is 131 Å². The zero-order valence-electron chi connectivity index (χ0n) is 17.5. The number of nitrogens with zero attached hydrogens (tertiary/aromatic N) is 3. The van der Waals surface area contributed by atoms with Gasteiger partial charge in [0.2, 0.25) is 5.95 Å². The van der Waals surface area contributed by atoms with Gasteiger partial charge in [0.1, 0.15) is 18.2 Å².